The van der Waals surface area contributed by atoms with Crippen LogP contribution in [-0.2, 0) is 11.2 Å². The Morgan fingerprint density at radius 3 is 2.89 bits per heavy atom. The van der Waals surface area contributed by atoms with Crippen molar-refractivity contribution in [1.29, 1.82) is 0 Å². The van der Waals surface area contributed by atoms with Gasteiger partial charge in [-0.15, -0.1) is 0 Å². The van der Waals surface area contributed by atoms with Crippen LogP contribution in [0.3, 0.4) is 0 Å². The molecule has 1 fully saturated rings. The van der Waals surface area contributed by atoms with Gasteiger partial charge in [0.1, 0.15) is 5.75 Å². The summed E-state index contributed by atoms with van der Waals surface area (Å²) in [6, 6.07) is 5.99. The molecule has 1 aliphatic carbocycles. The van der Waals surface area contributed by atoms with E-state index in [1.54, 1.807) is 0 Å². The molecule has 1 aromatic carbocycles. The summed E-state index contributed by atoms with van der Waals surface area (Å²) < 4.78 is 6.73. The Balaban J connectivity index is 1.89. The summed E-state index contributed by atoms with van der Waals surface area (Å²) in [5.41, 5.74) is 1.13. The normalized spacial score (nSPS) is 14.5. The number of aryl methyl sites for hydroxylation is 1. The Morgan fingerprint density at radius 2 is 2.22 bits per heavy atom. The third-order valence-corrected chi connectivity index (χ3v) is 3.68. The van der Waals surface area contributed by atoms with Gasteiger partial charge in [-0.2, -0.15) is 0 Å². The fourth-order valence-corrected chi connectivity index (χ4v) is 2.11. The summed E-state index contributed by atoms with van der Waals surface area (Å²) in [5, 5.41) is 8.61. The molecule has 0 aromatic heterocycles. The van der Waals surface area contributed by atoms with Crippen LogP contribution in [0.1, 0.15) is 31.2 Å². The number of carbonyl (C=O) groups is 1. The molecule has 0 spiro atoms. The van der Waals surface area contributed by atoms with Crippen molar-refractivity contribution in [2.75, 3.05) is 6.61 Å². The SMILES string of the molecule is O=C(O)CCCc1ccc(Br)c(OCC2CC2)c1. The second-order valence-corrected chi connectivity index (χ2v) is 5.62. The van der Waals surface area contributed by atoms with Crippen molar-refractivity contribution in [2.45, 2.75) is 32.1 Å². The van der Waals surface area contributed by atoms with E-state index < -0.39 is 5.97 Å². The Morgan fingerprint density at radius 1 is 1.44 bits per heavy atom. The molecule has 0 bridgehead atoms. The minimum atomic E-state index is -0.739. The number of carboxylic acid groups (broad SMARTS) is 1. The summed E-state index contributed by atoms with van der Waals surface area (Å²) in [4.78, 5) is 10.5. The highest BCUT2D eigenvalue weighted by Crippen LogP contribution is 2.32. The average molecular weight is 313 g/mol. The lowest BCUT2D eigenvalue weighted by molar-refractivity contribution is -0.137. The molecule has 98 valence electrons. The van der Waals surface area contributed by atoms with Gasteiger partial charge in [0.25, 0.3) is 0 Å². The molecule has 1 aliphatic rings. The van der Waals surface area contributed by atoms with Crippen LogP contribution in [-0.4, -0.2) is 17.7 Å². The van der Waals surface area contributed by atoms with Crippen molar-refractivity contribution >= 4 is 21.9 Å². The first-order valence-electron chi connectivity index (χ1n) is 6.28. The van der Waals surface area contributed by atoms with Crippen molar-refractivity contribution in [3.05, 3.63) is 28.2 Å². The van der Waals surface area contributed by atoms with E-state index in [0.717, 1.165) is 34.7 Å². The summed E-state index contributed by atoms with van der Waals surface area (Å²) in [6.07, 6.45) is 4.21. The molecule has 1 aromatic rings. The van der Waals surface area contributed by atoms with Gasteiger partial charge in [0.2, 0.25) is 0 Å². The fraction of sp³-hybridized carbons (Fsp3) is 0.500. The second-order valence-electron chi connectivity index (χ2n) is 4.77. The quantitative estimate of drug-likeness (QED) is 0.836. The van der Waals surface area contributed by atoms with Crippen LogP contribution in [0.2, 0.25) is 0 Å². The number of hydrogen-bond acceptors (Lipinski definition) is 2. The highest BCUT2D eigenvalue weighted by molar-refractivity contribution is 9.10. The maximum absolute atomic E-state index is 10.5. The minimum Gasteiger partial charge on any atom is -0.492 e. The van der Waals surface area contributed by atoms with Crippen LogP contribution in [0.4, 0.5) is 0 Å². The molecule has 0 unspecified atom stereocenters. The predicted molar refractivity (Wildman–Crippen MR) is 72.9 cm³/mol. The van der Waals surface area contributed by atoms with Gasteiger partial charge in [-0.05, 0) is 65.2 Å². The van der Waals surface area contributed by atoms with Crippen LogP contribution in [0.5, 0.6) is 5.75 Å². The molecule has 2 rings (SSSR count). The highest BCUT2D eigenvalue weighted by Gasteiger charge is 2.22. The molecule has 0 radical (unpaired) electrons. The van der Waals surface area contributed by atoms with Crippen LogP contribution in [0, 0.1) is 5.92 Å². The Bertz CT molecular complexity index is 427. The maximum atomic E-state index is 10.5. The minimum absolute atomic E-state index is 0.217. The molecule has 0 amide bonds. The van der Waals surface area contributed by atoms with Gasteiger partial charge < -0.3 is 9.84 Å². The van der Waals surface area contributed by atoms with Crippen LogP contribution < -0.4 is 4.74 Å². The number of carboxylic acids is 1. The molecule has 0 heterocycles. The predicted octanol–water partition coefficient (Wildman–Crippen LogP) is 3.65. The number of aliphatic carboxylic acids is 1. The summed E-state index contributed by atoms with van der Waals surface area (Å²) >= 11 is 3.47. The van der Waals surface area contributed by atoms with Crippen molar-refractivity contribution in [2.24, 2.45) is 5.92 Å². The van der Waals surface area contributed by atoms with E-state index >= 15 is 0 Å². The monoisotopic (exact) mass is 312 g/mol. The average Bonchev–Trinajstić information content (AvgIpc) is 3.13. The van der Waals surface area contributed by atoms with E-state index in [0.29, 0.717) is 6.42 Å². The van der Waals surface area contributed by atoms with Gasteiger partial charge in [-0.3, -0.25) is 4.79 Å². The van der Waals surface area contributed by atoms with Gasteiger partial charge >= 0.3 is 5.97 Å². The largest absolute Gasteiger partial charge is 0.492 e. The van der Waals surface area contributed by atoms with Gasteiger partial charge in [-0.25, -0.2) is 0 Å². The lowest BCUT2D eigenvalue weighted by Crippen LogP contribution is -2.00. The summed E-state index contributed by atoms with van der Waals surface area (Å²) in [6.45, 7) is 0.789. The van der Waals surface area contributed by atoms with Gasteiger partial charge in [0.15, 0.2) is 0 Å². The van der Waals surface area contributed by atoms with E-state index in [1.807, 2.05) is 18.2 Å². The molecule has 1 N–H and O–H groups in total. The third kappa shape index (κ3) is 4.33. The highest BCUT2D eigenvalue weighted by atomic mass is 79.9. The Hall–Kier alpha value is -1.03. The third-order valence-electron chi connectivity index (χ3n) is 3.02. The van der Waals surface area contributed by atoms with E-state index in [9.17, 15) is 4.79 Å². The fourth-order valence-electron chi connectivity index (χ4n) is 1.75. The lowest BCUT2D eigenvalue weighted by Gasteiger charge is -2.09. The zero-order valence-electron chi connectivity index (χ0n) is 10.2. The van der Waals surface area contributed by atoms with E-state index in [1.165, 1.54) is 12.8 Å². The van der Waals surface area contributed by atoms with Crippen LogP contribution >= 0.6 is 15.9 Å². The number of rotatable bonds is 7. The molecule has 18 heavy (non-hydrogen) atoms. The second kappa shape index (κ2) is 6.23. The van der Waals surface area contributed by atoms with Gasteiger partial charge in [0.05, 0.1) is 11.1 Å². The summed E-state index contributed by atoms with van der Waals surface area (Å²) in [7, 11) is 0. The molecular weight excluding hydrogens is 296 g/mol. The first-order chi connectivity index (χ1) is 8.65. The van der Waals surface area contributed by atoms with E-state index in [2.05, 4.69) is 15.9 Å². The smallest absolute Gasteiger partial charge is 0.303 e. The molecule has 1 saturated carbocycles. The van der Waals surface area contributed by atoms with Crippen molar-refractivity contribution < 1.29 is 14.6 Å². The van der Waals surface area contributed by atoms with Crippen LogP contribution in [0.15, 0.2) is 22.7 Å². The van der Waals surface area contributed by atoms with Gasteiger partial charge in [0, 0.05) is 6.42 Å². The molecule has 0 saturated heterocycles. The van der Waals surface area contributed by atoms with Crippen molar-refractivity contribution in [3.63, 3.8) is 0 Å². The number of benzene rings is 1. The maximum Gasteiger partial charge on any atom is 0.303 e. The van der Waals surface area contributed by atoms with Crippen LogP contribution in [0.25, 0.3) is 0 Å². The Kier molecular flexibility index (Phi) is 4.64. The zero-order valence-corrected chi connectivity index (χ0v) is 11.8. The summed E-state index contributed by atoms with van der Waals surface area (Å²) in [5.74, 6) is 0.861. The van der Waals surface area contributed by atoms with E-state index in [4.69, 9.17) is 9.84 Å². The van der Waals surface area contributed by atoms with Gasteiger partial charge in [-0.1, -0.05) is 6.07 Å². The van der Waals surface area contributed by atoms with E-state index in [-0.39, 0.29) is 6.42 Å². The number of hydrogen-bond donors (Lipinski definition) is 1. The van der Waals surface area contributed by atoms with Crippen molar-refractivity contribution in [1.82, 2.24) is 0 Å². The molecule has 3 nitrogen and oxygen atoms in total. The standard InChI is InChI=1S/C14H17BrO3/c15-12-7-6-10(2-1-3-14(16)17)8-13(12)18-9-11-4-5-11/h6-8,11H,1-5,9H2,(H,16,17). The lowest BCUT2D eigenvalue weighted by atomic mass is 10.1. The molecule has 4 heteroatoms. The Labute approximate surface area is 115 Å². The number of ether oxygens (including phenoxy) is 1. The van der Waals surface area contributed by atoms with Crippen molar-refractivity contribution in [3.8, 4) is 5.75 Å². The molecule has 0 atom stereocenters. The first-order valence-corrected chi connectivity index (χ1v) is 7.07. The molecule has 0 aliphatic heterocycles. The number of halogens is 1. The first kappa shape index (κ1) is 13.4. The zero-order chi connectivity index (χ0) is 13.0. The topological polar surface area (TPSA) is 46.5 Å². The molecular formula is C14H17BrO3.